The summed E-state index contributed by atoms with van der Waals surface area (Å²) in [7, 11) is 1.60. The Hall–Kier alpha value is -2.63. The highest BCUT2D eigenvalue weighted by Crippen LogP contribution is 2.28. The number of fused-ring (bicyclic) bond motifs is 1. The number of ether oxygens (including phenoxy) is 1. The van der Waals surface area contributed by atoms with E-state index in [0.717, 1.165) is 16.3 Å². The molecule has 3 rings (SSSR count). The van der Waals surface area contributed by atoms with E-state index in [4.69, 9.17) is 10.5 Å². The average Bonchev–Trinajstić information content (AvgIpc) is 2.88. The van der Waals surface area contributed by atoms with Crippen molar-refractivity contribution in [2.75, 3.05) is 13.7 Å². The Morgan fingerprint density at radius 2 is 2.27 bits per heavy atom. The maximum atomic E-state index is 12.2. The summed E-state index contributed by atoms with van der Waals surface area (Å²) in [5.74, 6) is -0.745. The van der Waals surface area contributed by atoms with Gasteiger partial charge in [0.2, 0.25) is 11.8 Å². The van der Waals surface area contributed by atoms with Gasteiger partial charge in [-0.25, -0.2) is 0 Å². The lowest BCUT2D eigenvalue weighted by molar-refractivity contribution is -0.136. The van der Waals surface area contributed by atoms with Gasteiger partial charge in [0.05, 0.1) is 7.11 Å². The summed E-state index contributed by atoms with van der Waals surface area (Å²) in [6, 6.07) is 5.80. The maximum absolute atomic E-state index is 12.2. The van der Waals surface area contributed by atoms with Crippen molar-refractivity contribution in [2.45, 2.75) is 13.0 Å². The number of likely N-dealkylation sites (tertiary alicyclic amines) is 1. The van der Waals surface area contributed by atoms with Gasteiger partial charge in [-0.05, 0) is 30.0 Å². The van der Waals surface area contributed by atoms with Gasteiger partial charge in [-0.2, -0.15) is 0 Å². The second-order valence-corrected chi connectivity index (χ2v) is 5.39. The predicted octanol–water partition coefficient (Wildman–Crippen LogP) is 1.08. The molecule has 2 amide bonds. The SMILES string of the molecule is COc1cc2ccncc2cc1CN1CC[C@@H](C(N)=O)C1=O. The minimum absolute atomic E-state index is 0.208. The monoisotopic (exact) mass is 299 g/mol. The number of rotatable bonds is 4. The van der Waals surface area contributed by atoms with Gasteiger partial charge in [-0.3, -0.25) is 14.6 Å². The standard InChI is InChI=1S/C16H17N3O3/c1-22-14-7-10-2-4-18-8-11(10)6-12(14)9-19-5-3-13(15(17)20)16(19)21/h2,4,6-8,13H,3,5,9H2,1H3,(H2,17,20)/t13-/m0/s1. The van der Waals surface area contributed by atoms with Crippen LogP contribution >= 0.6 is 0 Å². The molecule has 2 aromatic rings. The lowest BCUT2D eigenvalue weighted by atomic mass is 10.1. The van der Waals surface area contributed by atoms with E-state index >= 15 is 0 Å². The van der Waals surface area contributed by atoms with Crippen molar-refractivity contribution in [3.8, 4) is 5.75 Å². The van der Waals surface area contributed by atoms with Crippen molar-refractivity contribution >= 4 is 22.6 Å². The van der Waals surface area contributed by atoms with Crippen molar-refractivity contribution in [3.63, 3.8) is 0 Å². The van der Waals surface area contributed by atoms with Crippen molar-refractivity contribution < 1.29 is 14.3 Å². The van der Waals surface area contributed by atoms with Gasteiger partial charge in [-0.15, -0.1) is 0 Å². The number of amides is 2. The van der Waals surface area contributed by atoms with Gasteiger partial charge in [0.1, 0.15) is 11.7 Å². The van der Waals surface area contributed by atoms with Crippen LogP contribution in [0.4, 0.5) is 0 Å². The first-order chi connectivity index (χ1) is 10.6. The first kappa shape index (κ1) is 14.3. The van der Waals surface area contributed by atoms with Crippen LogP contribution in [0.15, 0.2) is 30.6 Å². The highest BCUT2D eigenvalue weighted by atomic mass is 16.5. The topological polar surface area (TPSA) is 85.5 Å². The maximum Gasteiger partial charge on any atom is 0.235 e. The van der Waals surface area contributed by atoms with Crippen LogP contribution in [0.25, 0.3) is 10.8 Å². The number of hydrogen-bond donors (Lipinski definition) is 1. The minimum atomic E-state index is -0.701. The predicted molar refractivity (Wildman–Crippen MR) is 81.0 cm³/mol. The molecule has 0 radical (unpaired) electrons. The van der Waals surface area contributed by atoms with Crippen molar-refractivity contribution in [1.82, 2.24) is 9.88 Å². The van der Waals surface area contributed by atoms with Crippen molar-refractivity contribution in [2.24, 2.45) is 11.7 Å². The van der Waals surface area contributed by atoms with Gasteiger partial charge < -0.3 is 15.4 Å². The molecule has 114 valence electrons. The molecule has 2 heterocycles. The van der Waals surface area contributed by atoms with Crippen molar-refractivity contribution in [1.29, 1.82) is 0 Å². The Morgan fingerprint density at radius 3 is 2.95 bits per heavy atom. The highest BCUT2D eigenvalue weighted by molar-refractivity contribution is 6.00. The molecule has 1 atom stereocenters. The number of nitrogens with two attached hydrogens (primary N) is 1. The van der Waals surface area contributed by atoms with E-state index in [1.165, 1.54) is 0 Å². The minimum Gasteiger partial charge on any atom is -0.496 e. The molecule has 6 heteroatoms. The first-order valence-electron chi connectivity index (χ1n) is 7.09. The zero-order valence-electron chi connectivity index (χ0n) is 12.3. The second-order valence-electron chi connectivity index (χ2n) is 5.39. The molecular weight excluding hydrogens is 282 g/mol. The first-order valence-corrected chi connectivity index (χ1v) is 7.09. The van der Waals surface area contributed by atoms with E-state index in [1.807, 2.05) is 18.2 Å². The Bertz CT molecular complexity index is 744. The number of aromatic nitrogens is 1. The molecule has 0 saturated carbocycles. The fraction of sp³-hybridized carbons (Fsp3) is 0.312. The molecule has 1 aromatic heterocycles. The van der Waals surface area contributed by atoms with E-state index in [9.17, 15) is 9.59 Å². The van der Waals surface area contributed by atoms with Crippen LogP contribution in [0.5, 0.6) is 5.75 Å². The Morgan fingerprint density at radius 1 is 1.45 bits per heavy atom. The van der Waals surface area contributed by atoms with Gasteiger partial charge in [-0.1, -0.05) is 0 Å². The molecule has 22 heavy (non-hydrogen) atoms. The van der Waals surface area contributed by atoms with Gasteiger partial charge >= 0.3 is 0 Å². The Labute approximate surface area is 127 Å². The van der Waals surface area contributed by atoms with Crippen LogP contribution in [0, 0.1) is 5.92 Å². The summed E-state index contributed by atoms with van der Waals surface area (Å²) in [6.07, 6.45) is 3.98. The number of methoxy groups -OCH3 is 1. The summed E-state index contributed by atoms with van der Waals surface area (Å²) in [4.78, 5) is 29.2. The van der Waals surface area contributed by atoms with E-state index in [0.29, 0.717) is 25.3 Å². The summed E-state index contributed by atoms with van der Waals surface area (Å²) >= 11 is 0. The Kier molecular flexibility index (Phi) is 3.66. The van der Waals surface area contributed by atoms with Gasteiger partial charge in [0, 0.05) is 36.4 Å². The second kappa shape index (κ2) is 5.63. The van der Waals surface area contributed by atoms with Crippen LogP contribution in [-0.4, -0.2) is 35.4 Å². The van der Waals surface area contributed by atoms with Crippen LogP contribution in [0.3, 0.4) is 0 Å². The molecule has 1 aliphatic rings. The van der Waals surface area contributed by atoms with E-state index in [-0.39, 0.29) is 5.91 Å². The number of benzene rings is 1. The number of carbonyl (C=O) groups excluding carboxylic acids is 2. The number of primary amides is 1. The molecule has 2 N–H and O–H groups in total. The summed E-state index contributed by atoms with van der Waals surface area (Å²) < 4.78 is 5.42. The van der Waals surface area contributed by atoms with Crippen LogP contribution in [0.2, 0.25) is 0 Å². The number of nitrogens with zero attached hydrogens (tertiary/aromatic N) is 2. The largest absolute Gasteiger partial charge is 0.496 e. The third-order valence-corrected chi connectivity index (χ3v) is 4.04. The molecule has 1 saturated heterocycles. The third-order valence-electron chi connectivity index (χ3n) is 4.04. The molecule has 6 nitrogen and oxygen atoms in total. The van der Waals surface area contributed by atoms with E-state index in [2.05, 4.69) is 4.98 Å². The zero-order valence-corrected chi connectivity index (χ0v) is 12.3. The van der Waals surface area contributed by atoms with Crippen LogP contribution in [0.1, 0.15) is 12.0 Å². The lowest BCUT2D eigenvalue weighted by Gasteiger charge is -2.18. The number of hydrogen-bond acceptors (Lipinski definition) is 4. The molecule has 1 aromatic carbocycles. The number of carbonyl (C=O) groups is 2. The molecular formula is C16H17N3O3. The molecule has 1 fully saturated rings. The van der Waals surface area contributed by atoms with Crippen molar-refractivity contribution in [3.05, 3.63) is 36.2 Å². The van der Waals surface area contributed by atoms with Crippen LogP contribution in [-0.2, 0) is 16.1 Å². The third kappa shape index (κ3) is 2.47. The fourth-order valence-electron chi connectivity index (χ4n) is 2.84. The molecule has 0 unspecified atom stereocenters. The van der Waals surface area contributed by atoms with E-state index in [1.54, 1.807) is 24.4 Å². The normalized spacial score (nSPS) is 18.0. The highest BCUT2D eigenvalue weighted by Gasteiger charge is 2.35. The summed E-state index contributed by atoms with van der Waals surface area (Å²) in [6.45, 7) is 0.928. The summed E-state index contributed by atoms with van der Waals surface area (Å²) in [5.41, 5.74) is 6.15. The quantitative estimate of drug-likeness (QED) is 0.856. The number of pyridine rings is 1. The molecule has 0 aliphatic carbocycles. The van der Waals surface area contributed by atoms with Gasteiger partial charge in [0.25, 0.3) is 0 Å². The molecule has 0 bridgehead atoms. The molecule has 1 aliphatic heterocycles. The van der Waals surface area contributed by atoms with Crippen LogP contribution < -0.4 is 10.5 Å². The average molecular weight is 299 g/mol. The van der Waals surface area contributed by atoms with E-state index < -0.39 is 11.8 Å². The Balaban J connectivity index is 1.90. The fourth-order valence-corrected chi connectivity index (χ4v) is 2.84. The van der Waals surface area contributed by atoms with Gasteiger partial charge in [0.15, 0.2) is 0 Å². The zero-order chi connectivity index (χ0) is 15.7. The molecule has 0 spiro atoms. The smallest absolute Gasteiger partial charge is 0.235 e. The summed E-state index contributed by atoms with van der Waals surface area (Å²) in [5, 5.41) is 2.01. The lowest BCUT2D eigenvalue weighted by Crippen LogP contribution is -2.33.